The molecule has 0 fully saturated rings. The fourth-order valence-electron chi connectivity index (χ4n) is 2.05. The molecule has 2 heterocycles. The Morgan fingerprint density at radius 1 is 1.40 bits per heavy atom. The van der Waals surface area contributed by atoms with Gasteiger partial charge >= 0.3 is 0 Å². The van der Waals surface area contributed by atoms with Gasteiger partial charge in [0, 0.05) is 10.4 Å². The van der Waals surface area contributed by atoms with Crippen molar-refractivity contribution in [2.75, 3.05) is 0 Å². The van der Waals surface area contributed by atoms with Crippen LogP contribution in [0.4, 0.5) is 0 Å². The van der Waals surface area contributed by atoms with E-state index in [-0.39, 0.29) is 11.6 Å². The van der Waals surface area contributed by atoms with Crippen LogP contribution in [0.15, 0.2) is 17.5 Å². The third kappa shape index (κ3) is 3.86. The zero-order valence-electron chi connectivity index (χ0n) is 12.6. The normalized spacial score (nSPS) is 13.6. The molecule has 5 nitrogen and oxygen atoms in total. The van der Waals surface area contributed by atoms with E-state index in [1.54, 1.807) is 11.3 Å². The molecule has 1 N–H and O–H groups in total. The minimum Gasteiger partial charge on any atom is -0.305 e. The van der Waals surface area contributed by atoms with Crippen molar-refractivity contribution in [1.82, 2.24) is 25.5 Å². The average molecular weight is 293 g/mol. The number of tetrazole rings is 1. The van der Waals surface area contributed by atoms with Crippen LogP contribution >= 0.6 is 11.3 Å². The number of thiophene rings is 1. The Morgan fingerprint density at radius 3 is 2.80 bits per heavy atom. The van der Waals surface area contributed by atoms with Gasteiger partial charge in [-0.05, 0) is 49.1 Å². The fourth-order valence-corrected chi connectivity index (χ4v) is 2.90. The Bertz CT molecular complexity index is 512. The summed E-state index contributed by atoms with van der Waals surface area (Å²) in [4.78, 5) is 1.32. The fraction of sp³-hybridized carbons (Fsp3) is 0.643. The average Bonchev–Trinajstić information content (AvgIpc) is 3.04. The largest absolute Gasteiger partial charge is 0.305 e. The summed E-state index contributed by atoms with van der Waals surface area (Å²) in [5.41, 5.74) is 0.0555. The van der Waals surface area contributed by atoms with Crippen LogP contribution < -0.4 is 5.32 Å². The standard InChI is InChI=1S/C14H23N5S/c1-5-7-11(12-8-6-9-20-12)19-13(16-17-18-19)10-15-14(2,3)4/h6,8-9,11,15H,5,7,10H2,1-4H3. The van der Waals surface area contributed by atoms with Crippen molar-refractivity contribution in [2.45, 2.75) is 58.7 Å². The Balaban J connectivity index is 2.20. The van der Waals surface area contributed by atoms with E-state index in [4.69, 9.17) is 0 Å². The molecule has 0 aliphatic rings. The van der Waals surface area contributed by atoms with Crippen molar-refractivity contribution in [2.24, 2.45) is 0 Å². The Morgan fingerprint density at radius 2 is 2.20 bits per heavy atom. The lowest BCUT2D eigenvalue weighted by Gasteiger charge is -2.21. The van der Waals surface area contributed by atoms with Gasteiger partial charge in [-0.1, -0.05) is 19.4 Å². The van der Waals surface area contributed by atoms with Gasteiger partial charge in [-0.25, -0.2) is 4.68 Å². The zero-order valence-corrected chi connectivity index (χ0v) is 13.4. The number of nitrogens with zero attached hydrogens (tertiary/aromatic N) is 4. The van der Waals surface area contributed by atoms with Crippen molar-refractivity contribution >= 4 is 11.3 Å². The molecule has 0 bridgehead atoms. The summed E-state index contributed by atoms with van der Waals surface area (Å²) < 4.78 is 1.97. The molecule has 0 radical (unpaired) electrons. The summed E-state index contributed by atoms with van der Waals surface area (Å²) in [6.07, 6.45) is 2.16. The maximum absolute atomic E-state index is 4.21. The lowest BCUT2D eigenvalue weighted by atomic mass is 10.1. The third-order valence-corrected chi connectivity index (χ3v) is 4.04. The molecule has 0 saturated heterocycles. The summed E-state index contributed by atoms with van der Waals surface area (Å²) in [5.74, 6) is 0.895. The Hall–Kier alpha value is -1.27. The van der Waals surface area contributed by atoms with Crippen LogP contribution in [0.5, 0.6) is 0 Å². The molecule has 0 aliphatic heterocycles. The van der Waals surface area contributed by atoms with Gasteiger partial charge < -0.3 is 5.32 Å². The predicted octanol–water partition coefficient (Wildman–Crippen LogP) is 3.01. The van der Waals surface area contributed by atoms with E-state index in [0.29, 0.717) is 6.54 Å². The molecule has 20 heavy (non-hydrogen) atoms. The van der Waals surface area contributed by atoms with Gasteiger partial charge in [0.1, 0.15) is 0 Å². The van der Waals surface area contributed by atoms with Crippen LogP contribution in [0.25, 0.3) is 0 Å². The SMILES string of the molecule is CCCC(c1cccs1)n1nnnc1CNC(C)(C)C. The molecule has 2 rings (SSSR count). The van der Waals surface area contributed by atoms with Gasteiger partial charge in [0.15, 0.2) is 5.82 Å². The van der Waals surface area contributed by atoms with Crippen LogP contribution in [-0.4, -0.2) is 25.7 Å². The number of rotatable bonds is 6. The van der Waals surface area contributed by atoms with Crippen molar-refractivity contribution in [3.8, 4) is 0 Å². The maximum Gasteiger partial charge on any atom is 0.165 e. The summed E-state index contributed by atoms with van der Waals surface area (Å²) in [6.45, 7) is 9.30. The van der Waals surface area contributed by atoms with E-state index >= 15 is 0 Å². The minimum absolute atomic E-state index is 0.0555. The van der Waals surface area contributed by atoms with Gasteiger partial charge in [0.05, 0.1) is 12.6 Å². The third-order valence-electron chi connectivity index (χ3n) is 3.07. The first-order chi connectivity index (χ1) is 9.51. The lowest BCUT2D eigenvalue weighted by Crippen LogP contribution is -2.36. The number of hydrogen-bond acceptors (Lipinski definition) is 5. The summed E-state index contributed by atoms with van der Waals surface area (Å²) in [5, 5.41) is 17.8. The molecule has 0 spiro atoms. The van der Waals surface area contributed by atoms with Crippen molar-refractivity contribution in [3.05, 3.63) is 28.2 Å². The molecule has 0 saturated carbocycles. The highest BCUT2D eigenvalue weighted by Gasteiger charge is 2.20. The molecule has 1 unspecified atom stereocenters. The minimum atomic E-state index is 0.0555. The quantitative estimate of drug-likeness (QED) is 0.889. The van der Waals surface area contributed by atoms with Crippen molar-refractivity contribution < 1.29 is 0 Å². The Labute approximate surface area is 124 Å². The topological polar surface area (TPSA) is 55.6 Å². The molecule has 2 aromatic heterocycles. The van der Waals surface area contributed by atoms with Gasteiger partial charge in [0.25, 0.3) is 0 Å². The Kier molecular flexibility index (Phi) is 4.88. The first kappa shape index (κ1) is 15.1. The molecule has 110 valence electrons. The molecule has 6 heteroatoms. The first-order valence-electron chi connectivity index (χ1n) is 7.06. The second kappa shape index (κ2) is 6.45. The van der Waals surface area contributed by atoms with Crippen molar-refractivity contribution in [3.63, 3.8) is 0 Å². The van der Waals surface area contributed by atoms with Gasteiger partial charge in [0.2, 0.25) is 0 Å². The van der Waals surface area contributed by atoms with Crippen LogP contribution in [0.1, 0.15) is 57.3 Å². The molecular weight excluding hydrogens is 270 g/mol. The molecule has 2 aromatic rings. The van der Waals surface area contributed by atoms with E-state index in [2.05, 4.69) is 66.0 Å². The summed E-state index contributed by atoms with van der Waals surface area (Å²) in [7, 11) is 0. The number of hydrogen-bond donors (Lipinski definition) is 1. The van der Waals surface area contributed by atoms with Crippen LogP contribution in [0.2, 0.25) is 0 Å². The van der Waals surface area contributed by atoms with Crippen molar-refractivity contribution in [1.29, 1.82) is 0 Å². The van der Waals surface area contributed by atoms with E-state index < -0.39 is 0 Å². The second-order valence-corrected chi connectivity index (χ2v) is 6.94. The highest BCUT2D eigenvalue weighted by atomic mass is 32.1. The summed E-state index contributed by atoms with van der Waals surface area (Å²) in [6, 6.07) is 4.49. The predicted molar refractivity (Wildman–Crippen MR) is 81.8 cm³/mol. The van der Waals surface area contributed by atoms with E-state index in [1.165, 1.54) is 4.88 Å². The van der Waals surface area contributed by atoms with Crippen LogP contribution in [0, 0.1) is 0 Å². The highest BCUT2D eigenvalue weighted by Crippen LogP contribution is 2.27. The summed E-state index contributed by atoms with van der Waals surface area (Å²) >= 11 is 1.76. The van der Waals surface area contributed by atoms with Crippen LogP contribution in [-0.2, 0) is 6.54 Å². The molecular formula is C14H23N5S. The molecule has 1 atom stereocenters. The van der Waals surface area contributed by atoms with Crippen LogP contribution in [0.3, 0.4) is 0 Å². The molecule has 0 amide bonds. The zero-order chi connectivity index (χ0) is 14.6. The highest BCUT2D eigenvalue weighted by molar-refractivity contribution is 7.10. The maximum atomic E-state index is 4.21. The van der Waals surface area contributed by atoms with E-state index in [9.17, 15) is 0 Å². The first-order valence-corrected chi connectivity index (χ1v) is 7.94. The number of nitrogens with one attached hydrogen (secondary N) is 1. The van der Waals surface area contributed by atoms with Gasteiger partial charge in [-0.3, -0.25) is 0 Å². The lowest BCUT2D eigenvalue weighted by molar-refractivity contribution is 0.395. The van der Waals surface area contributed by atoms with Gasteiger partial charge in [-0.15, -0.1) is 16.4 Å². The van der Waals surface area contributed by atoms with E-state index in [0.717, 1.165) is 18.7 Å². The van der Waals surface area contributed by atoms with E-state index in [1.807, 2.05) is 4.68 Å². The molecule has 0 aliphatic carbocycles. The smallest absolute Gasteiger partial charge is 0.165 e. The second-order valence-electron chi connectivity index (χ2n) is 5.96. The number of aromatic nitrogens is 4. The molecule has 0 aromatic carbocycles. The van der Waals surface area contributed by atoms with Gasteiger partial charge in [-0.2, -0.15) is 0 Å². The monoisotopic (exact) mass is 293 g/mol.